The molecular weight excluding hydrogens is 573 g/mol. The SMILES string of the molecule is CC(=O)OCCN1CCN(Cc2ccc(NC(=O)c3ccc(C)c(C#Cc4cnc5[nH]ncc5c4)c3)cc2C(F)(F)F)CC1. The molecule has 0 radical (unpaired) electrons. The van der Waals surface area contributed by atoms with Gasteiger partial charge in [0.15, 0.2) is 5.65 Å². The first-order chi connectivity index (χ1) is 21.0. The molecule has 0 atom stereocenters. The highest BCUT2D eigenvalue weighted by Gasteiger charge is 2.34. The van der Waals surface area contributed by atoms with Crippen LogP contribution in [-0.2, 0) is 22.3 Å². The van der Waals surface area contributed by atoms with Crippen LogP contribution >= 0.6 is 0 Å². The minimum atomic E-state index is -4.59. The van der Waals surface area contributed by atoms with E-state index in [0.717, 1.165) is 17.0 Å². The molecule has 44 heavy (non-hydrogen) atoms. The van der Waals surface area contributed by atoms with Crippen LogP contribution in [0.1, 0.15) is 45.1 Å². The Labute approximate surface area is 252 Å². The fourth-order valence-corrected chi connectivity index (χ4v) is 4.93. The number of halogens is 3. The first-order valence-corrected chi connectivity index (χ1v) is 14.1. The lowest BCUT2D eigenvalue weighted by molar-refractivity contribution is -0.141. The number of fused-ring (bicyclic) bond motifs is 1. The van der Waals surface area contributed by atoms with Gasteiger partial charge in [-0.25, -0.2) is 4.98 Å². The molecule has 0 aliphatic carbocycles. The largest absolute Gasteiger partial charge is 0.465 e. The number of carbonyl (C=O) groups excluding carboxylic acids is 2. The van der Waals surface area contributed by atoms with Crippen molar-refractivity contribution >= 4 is 28.6 Å². The molecule has 2 N–H and O–H groups in total. The number of alkyl halides is 3. The number of benzene rings is 2. The van der Waals surface area contributed by atoms with Crippen molar-refractivity contribution in [3.8, 4) is 11.8 Å². The summed E-state index contributed by atoms with van der Waals surface area (Å²) < 4.78 is 47.3. The summed E-state index contributed by atoms with van der Waals surface area (Å²) in [5.74, 6) is 5.22. The van der Waals surface area contributed by atoms with E-state index < -0.39 is 17.6 Å². The van der Waals surface area contributed by atoms with Gasteiger partial charge in [-0.05, 0) is 48.4 Å². The molecule has 0 bridgehead atoms. The number of esters is 1. The zero-order valence-corrected chi connectivity index (χ0v) is 24.3. The van der Waals surface area contributed by atoms with E-state index in [-0.39, 0.29) is 29.3 Å². The van der Waals surface area contributed by atoms with E-state index >= 15 is 0 Å². The maximum absolute atomic E-state index is 14.1. The summed E-state index contributed by atoms with van der Waals surface area (Å²) in [4.78, 5) is 32.4. The number of H-pyrrole nitrogens is 1. The molecule has 5 rings (SSSR count). The van der Waals surface area contributed by atoms with Crippen molar-refractivity contribution in [2.24, 2.45) is 0 Å². The van der Waals surface area contributed by atoms with Crippen LogP contribution in [0.2, 0.25) is 0 Å². The Hall–Kier alpha value is -4.73. The lowest BCUT2D eigenvalue weighted by Gasteiger charge is -2.35. The third kappa shape index (κ3) is 7.80. The van der Waals surface area contributed by atoms with E-state index in [4.69, 9.17) is 4.74 Å². The van der Waals surface area contributed by atoms with Gasteiger partial charge in [0.2, 0.25) is 0 Å². The number of aromatic amines is 1. The molecule has 1 fully saturated rings. The molecule has 1 aliphatic heterocycles. The van der Waals surface area contributed by atoms with Gasteiger partial charge in [-0.1, -0.05) is 24.0 Å². The number of piperazine rings is 1. The van der Waals surface area contributed by atoms with Gasteiger partial charge >= 0.3 is 12.1 Å². The minimum Gasteiger partial charge on any atom is -0.465 e. The van der Waals surface area contributed by atoms with Gasteiger partial charge in [0, 0.05) is 80.2 Å². The third-order valence-electron chi connectivity index (χ3n) is 7.38. The number of carbonyl (C=O) groups is 2. The Morgan fingerprint density at radius 1 is 1.02 bits per heavy atom. The van der Waals surface area contributed by atoms with Gasteiger partial charge < -0.3 is 10.1 Å². The van der Waals surface area contributed by atoms with E-state index in [9.17, 15) is 22.8 Å². The Kier molecular flexibility index (Phi) is 9.27. The molecule has 4 aromatic rings. The number of amides is 1. The van der Waals surface area contributed by atoms with Crippen molar-refractivity contribution in [2.45, 2.75) is 26.6 Å². The number of anilines is 1. The number of nitrogens with zero attached hydrogens (tertiary/aromatic N) is 4. The van der Waals surface area contributed by atoms with Gasteiger partial charge in [0.05, 0.1) is 11.8 Å². The molecule has 2 aromatic carbocycles. The van der Waals surface area contributed by atoms with Crippen LogP contribution in [0.25, 0.3) is 11.0 Å². The summed E-state index contributed by atoms with van der Waals surface area (Å²) in [6.45, 7) is 6.72. The molecule has 2 aromatic heterocycles. The summed E-state index contributed by atoms with van der Waals surface area (Å²) in [6, 6.07) is 10.7. The highest BCUT2D eigenvalue weighted by Crippen LogP contribution is 2.35. The Morgan fingerprint density at radius 3 is 2.55 bits per heavy atom. The zero-order valence-electron chi connectivity index (χ0n) is 24.3. The molecular formula is C32H31F3N6O3. The number of aryl methyl sites for hydroxylation is 1. The maximum atomic E-state index is 14.1. The van der Waals surface area contributed by atoms with Crippen molar-refractivity contribution in [3.63, 3.8) is 0 Å². The van der Waals surface area contributed by atoms with Crippen LogP contribution in [0.4, 0.5) is 18.9 Å². The zero-order chi connectivity index (χ0) is 31.3. The number of pyridine rings is 1. The fourth-order valence-electron chi connectivity index (χ4n) is 4.93. The van der Waals surface area contributed by atoms with Gasteiger partial charge in [0.25, 0.3) is 5.91 Å². The second-order valence-electron chi connectivity index (χ2n) is 10.6. The predicted octanol–water partition coefficient (Wildman–Crippen LogP) is 4.62. The molecule has 0 saturated carbocycles. The maximum Gasteiger partial charge on any atom is 0.416 e. The molecule has 0 unspecified atom stereocenters. The molecule has 0 spiro atoms. The number of rotatable bonds is 7. The van der Waals surface area contributed by atoms with Crippen LogP contribution in [0, 0.1) is 18.8 Å². The van der Waals surface area contributed by atoms with Crippen molar-refractivity contribution in [1.82, 2.24) is 25.0 Å². The number of hydrogen-bond acceptors (Lipinski definition) is 7. The fraction of sp³-hybridized carbons (Fsp3) is 0.312. The van der Waals surface area contributed by atoms with Crippen molar-refractivity contribution < 1.29 is 27.5 Å². The predicted molar refractivity (Wildman–Crippen MR) is 159 cm³/mol. The highest BCUT2D eigenvalue weighted by atomic mass is 19.4. The first kappa shape index (κ1) is 30.7. The van der Waals surface area contributed by atoms with E-state index in [1.54, 1.807) is 30.6 Å². The standard InChI is InChI=1S/C32H31F3N6O3/c1-21-3-5-25(16-24(21)6-4-23-15-27-19-37-39-30(27)36-18-23)31(43)38-28-8-7-26(29(17-28)32(33,34)35)20-41-11-9-40(10-12-41)13-14-44-22(2)42/h3,5,7-8,15-19H,9-14,20H2,1-2H3,(H,38,43)(H,36,37,39). The number of nitrogens with one attached hydrogen (secondary N) is 2. The minimum absolute atomic E-state index is 0.0501. The van der Waals surface area contributed by atoms with Gasteiger partial charge in [-0.2, -0.15) is 18.3 Å². The van der Waals surface area contributed by atoms with Crippen molar-refractivity contribution in [2.75, 3.05) is 44.6 Å². The normalized spacial score (nSPS) is 14.2. The van der Waals surface area contributed by atoms with Gasteiger partial charge in [-0.3, -0.25) is 24.5 Å². The smallest absolute Gasteiger partial charge is 0.416 e. The summed E-state index contributed by atoms with van der Waals surface area (Å²) in [6.07, 6.45) is -1.32. The highest BCUT2D eigenvalue weighted by molar-refractivity contribution is 6.04. The molecule has 3 heterocycles. The lowest BCUT2D eigenvalue weighted by Crippen LogP contribution is -2.47. The van der Waals surface area contributed by atoms with Crippen LogP contribution in [0.3, 0.4) is 0 Å². The second kappa shape index (κ2) is 13.3. The van der Waals surface area contributed by atoms with Gasteiger partial charge in [-0.15, -0.1) is 0 Å². The Bertz CT molecular complexity index is 1730. The molecule has 9 nitrogen and oxygen atoms in total. The second-order valence-corrected chi connectivity index (χ2v) is 10.6. The number of hydrogen-bond donors (Lipinski definition) is 2. The topological polar surface area (TPSA) is 103 Å². The summed E-state index contributed by atoms with van der Waals surface area (Å²) in [5.41, 5.74) is 2.46. The average Bonchev–Trinajstić information content (AvgIpc) is 3.46. The molecule has 12 heteroatoms. The Morgan fingerprint density at radius 2 is 1.80 bits per heavy atom. The van der Waals surface area contributed by atoms with Crippen LogP contribution in [0.5, 0.6) is 0 Å². The Balaban J connectivity index is 1.25. The van der Waals surface area contributed by atoms with Crippen LogP contribution in [0.15, 0.2) is 54.9 Å². The number of aromatic nitrogens is 3. The summed E-state index contributed by atoms with van der Waals surface area (Å²) in [7, 11) is 0. The lowest BCUT2D eigenvalue weighted by atomic mass is 10.0. The van der Waals surface area contributed by atoms with Gasteiger partial charge in [0.1, 0.15) is 6.61 Å². The molecule has 1 aliphatic rings. The molecule has 1 saturated heterocycles. The first-order valence-electron chi connectivity index (χ1n) is 14.1. The number of ether oxygens (including phenoxy) is 1. The third-order valence-corrected chi connectivity index (χ3v) is 7.38. The van der Waals surface area contributed by atoms with Crippen LogP contribution < -0.4 is 5.32 Å². The summed E-state index contributed by atoms with van der Waals surface area (Å²) in [5, 5.41) is 10.2. The van der Waals surface area contributed by atoms with E-state index in [1.807, 2.05) is 17.9 Å². The summed E-state index contributed by atoms with van der Waals surface area (Å²) >= 11 is 0. The monoisotopic (exact) mass is 604 g/mol. The quantitative estimate of drug-likeness (QED) is 0.235. The van der Waals surface area contributed by atoms with Crippen LogP contribution in [-0.4, -0.2) is 76.2 Å². The van der Waals surface area contributed by atoms with E-state index in [0.29, 0.717) is 56.1 Å². The van der Waals surface area contributed by atoms with Crippen molar-refractivity contribution in [3.05, 3.63) is 88.2 Å². The van der Waals surface area contributed by atoms with Crippen molar-refractivity contribution in [1.29, 1.82) is 0 Å². The molecule has 1 amide bonds. The van der Waals surface area contributed by atoms with E-state index in [2.05, 4.69) is 37.2 Å². The molecule has 228 valence electrons. The van der Waals surface area contributed by atoms with E-state index in [1.165, 1.54) is 19.1 Å². The average molecular weight is 605 g/mol.